The van der Waals surface area contributed by atoms with Gasteiger partial charge in [0.2, 0.25) is 17.7 Å². The second-order valence-corrected chi connectivity index (χ2v) is 9.95. The van der Waals surface area contributed by atoms with Gasteiger partial charge in [-0.15, -0.1) is 0 Å². The van der Waals surface area contributed by atoms with Gasteiger partial charge >= 0.3 is 0 Å². The molecule has 0 spiro atoms. The fraction of sp³-hybridized carbons (Fsp3) is 0.625. The highest BCUT2D eigenvalue weighted by molar-refractivity contribution is 5.90. The first-order valence-corrected chi connectivity index (χ1v) is 11.2. The molecule has 1 atom stereocenters. The van der Waals surface area contributed by atoms with Gasteiger partial charge in [-0.1, -0.05) is 24.3 Å². The number of carbonyl (C=O) groups is 3. The average molecular weight is 412 g/mol. The Hall–Kier alpha value is -2.37. The molecular formula is C24H33N3O3. The molecule has 1 aromatic carbocycles. The van der Waals surface area contributed by atoms with Crippen LogP contribution >= 0.6 is 0 Å². The lowest BCUT2D eigenvalue weighted by Gasteiger charge is -2.37. The second-order valence-electron chi connectivity index (χ2n) is 9.95. The maximum absolute atomic E-state index is 13.1. The van der Waals surface area contributed by atoms with Crippen LogP contribution in [-0.2, 0) is 27.3 Å². The van der Waals surface area contributed by atoms with E-state index in [-0.39, 0.29) is 35.1 Å². The molecule has 3 heterocycles. The quantitative estimate of drug-likeness (QED) is 0.751. The van der Waals surface area contributed by atoms with Gasteiger partial charge in [0.1, 0.15) is 0 Å². The maximum Gasteiger partial charge on any atom is 0.227 e. The minimum absolute atomic E-state index is 0.00408. The van der Waals surface area contributed by atoms with Crippen LogP contribution in [0.5, 0.6) is 0 Å². The first-order chi connectivity index (χ1) is 14.2. The summed E-state index contributed by atoms with van der Waals surface area (Å²) in [6.07, 6.45) is 2.65. The van der Waals surface area contributed by atoms with Crippen molar-refractivity contribution in [3.05, 3.63) is 35.4 Å². The molecule has 4 rings (SSSR count). The molecule has 2 saturated heterocycles. The fourth-order valence-electron chi connectivity index (χ4n) is 5.07. The van der Waals surface area contributed by atoms with E-state index in [0.717, 1.165) is 13.0 Å². The number of rotatable bonds is 2. The van der Waals surface area contributed by atoms with Gasteiger partial charge in [-0.3, -0.25) is 14.4 Å². The molecule has 0 aromatic heterocycles. The fourth-order valence-corrected chi connectivity index (χ4v) is 5.07. The summed E-state index contributed by atoms with van der Waals surface area (Å²) in [7, 11) is 0. The molecule has 0 aliphatic carbocycles. The van der Waals surface area contributed by atoms with Crippen molar-refractivity contribution in [2.45, 2.75) is 58.5 Å². The molecule has 1 aromatic rings. The van der Waals surface area contributed by atoms with Crippen molar-refractivity contribution in [3.63, 3.8) is 0 Å². The Morgan fingerprint density at radius 1 is 0.900 bits per heavy atom. The zero-order valence-corrected chi connectivity index (χ0v) is 18.4. The molecule has 3 aliphatic heterocycles. The van der Waals surface area contributed by atoms with E-state index in [9.17, 15) is 14.4 Å². The third-order valence-corrected chi connectivity index (χ3v) is 6.88. The van der Waals surface area contributed by atoms with Crippen molar-refractivity contribution in [1.29, 1.82) is 0 Å². The number of benzene rings is 1. The molecule has 2 fully saturated rings. The van der Waals surface area contributed by atoms with Gasteiger partial charge in [0.05, 0.1) is 5.92 Å². The first-order valence-electron chi connectivity index (χ1n) is 11.2. The summed E-state index contributed by atoms with van der Waals surface area (Å²) >= 11 is 0. The van der Waals surface area contributed by atoms with Gasteiger partial charge in [0.25, 0.3) is 0 Å². The molecule has 0 bridgehead atoms. The van der Waals surface area contributed by atoms with Crippen molar-refractivity contribution in [2.75, 3.05) is 26.2 Å². The van der Waals surface area contributed by atoms with Crippen LogP contribution in [0.15, 0.2) is 24.3 Å². The van der Waals surface area contributed by atoms with Gasteiger partial charge in [-0.05, 0) is 51.2 Å². The Morgan fingerprint density at radius 2 is 1.53 bits per heavy atom. The van der Waals surface area contributed by atoms with Crippen molar-refractivity contribution < 1.29 is 14.4 Å². The highest BCUT2D eigenvalue weighted by Gasteiger charge is 2.42. The Morgan fingerprint density at radius 3 is 2.17 bits per heavy atom. The standard InChI is InChI=1S/C24H33N3O3/c1-24(2,3)27-16-20(14-21(27)28)23(30)25-11-9-18(10-12-25)22(29)26-13-8-17-6-4-5-7-19(17)15-26/h4-7,18,20H,8-16H2,1-3H3. The summed E-state index contributed by atoms with van der Waals surface area (Å²) in [6.45, 7) is 9.23. The smallest absolute Gasteiger partial charge is 0.227 e. The highest BCUT2D eigenvalue weighted by atomic mass is 16.2. The van der Waals surface area contributed by atoms with E-state index in [1.165, 1.54) is 11.1 Å². The van der Waals surface area contributed by atoms with E-state index >= 15 is 0 Å². The van der Waals surface area contributed by atoms with E-state index in [1.54, 1.807) is 0 Å². The summed E-state index contributed by atoms with van der Waals surface area (Å²) in [6, 6.07) is 8.35. The molecular weight excluding hydrogens is 378 g/mol. The van der Waals surface area contributed by atoms with E-state index < -0.39 is 0 Å². The SMILES string of the molecule is CC(C)(C)N1CC(C(=O)N2CCC(C(=O)N3CCc4ccccc4C3)CC2)CC1=O. The van der Waals surface area contributed by atoms with Gasteiger partial charge in [-0.25, -0.2) is 0 Å². The molecule has 30 heavy (non-hydrogen) atoms. The summed E-state index contributed by atoms with van der Waals surface area (Å²) in [5.74, 6) is 0.119. The van der Waals surface area contributed by atoms with Crippen LogP contribution in [0.25, 0.3) is 0 Å². The monoisotopic (exact) mass is 411 g/mol. The second kappa shape index (κ2) is 8.05. The lowest BCUT2D eigenvalue weighted by molar-refractivity contribution is -0.143. The van der Waals surface area contributed by atoms with Gasteiger partial charge in [0.15, 0.2) is 0 Å². The Labute approximate surface area is 179 Å². The number of likely N-dealkylation sites (tertiary alicyclic amines) is 2. The maximum atomic E-state index is 13.1. The van der Waals surface area contributed by atoms with Crippen LogP contribution in [0, 0.1) is 11.8 Å². The zero-order chi connectivity index (χ0) is 21.5. The number of carbonyl (C=O) groups excluding carboxylic acids is 3. The number of nitrogens with zero attached hydrogens (tertiary/aromatic N) is 3. The number of hydrogen-bond acceptors (Lipinski definition) is 3. The van der Waals surface area contributed by atoms with Crippen molar-refractivity contribution in [2.24, 2.45) is 11.8 Å². The molecule has 3 amide bonds. The summed E-state index contributed by atoms with van der Waals surface area (Å²) in [5.41, 5.74) is 2.34. The lowest BCUT2D eigenvalue weighted by atomic mass is 9.92. The van der Waals surface area contributed by atoms with Crippen LogP contribution < -0.4 is 0 Å². The number of fused-ring (bicyclic) bond motifs is 1. The highest BCUT2D eigenvalue weighted by Crippen LogP contribution is 2.29. The third-order valence-electron chi connectivity index (χ3n) is 6.88. The topological polar surface area (TPSA) is 60.9 Å². The normalized spacial score (nSPS) is 23.0. The predicted molar refractivity (Wildman–Crippen MR) is 114 cm³/mol. The molecule has 6 nitrogen and oxygen atoms in total. The van der Waals surface area contributed by atoms with Crippen LogP contribution in [0.2, 0.25) is 0 Å². The van der Waals surface area contributed by atoms with Gasteiger partial charge in [0, 0.05) is 50.6 Å². The molecule has 3 aliphatic rings. The minimum Gasteiger partial charge on any atom is -0.342 e. The predicted octanol–water partition coefficient (Wildman–Crippen LogP) is 2.46. The Bertz CT molecular complexity index is 836. The third kappa shape index (κ3) is 4.09. The lowest BCUT2D eigenvalue weighted by Crippen LogP contribution is -2.47. The first kappa shape index (κ1) is 20.9. The van der Waals surface area contributed by atoms with Crippen molar-refractivity contribution in [3.8, 4) is 0 Å². The molecule has 6 heteroatoms. The molecule has 162 valence electrons. The summed E-state index contributed by atoms with van der Waals surface area (Å²) in [5, 5.41) is 0. The summed E-state index contributed by atoms with van der Waals surface area (Å²) < 4.78 is 0. The van der Waals surface area contributed by atoms with Crippen molar-refractivity contribution >= 4 is 17.7 Å². The number of amides is 3. The van der Waals surface area contributed by atoms with Gasteiger partial charge < -0.3 is 14.7 Å². The Balaban J connectivity index is 1.30. The van der Waals surface area contributed by atoms with Crippen LogP contribution in [-0.4, -0.2) is 64.1 Å². The van der Waals surface area contributed by atoms with E-state index in [1.807, 2.05) is 41.5 Å². The van der Waals surface area contributed by atoms with E-state index in [2.05, 4.69) is 18.2 Å². The zero-order valence-electron chi connectivity index (χ0n) is 18.4. The average Bonchev–Trinajstić information content (AvgIpc) is 3.14. The van der Waals surface area contributed by atoms with E-state index in [0.29, 0.717) is 45.4 Å². The van der Waals surface area contributed by atoms with Gasteiger partial charge in [-0.2, -0.15) is 0 Å². The molecule has 1 unspecified atom stereocenters. The summed E-state index contributed by atoms with van der Waals surface area (Å²) in [4.78, 5) is 44.1. The number of hydrogen-bond donors (Lipinski definition) is 0. The van der Waals surface area contributed by atoms with Crippen LogP contribution in [0.3, 0.4) is 0 Å². The minimum atomic E-state index is -0.251. The largest absolute Gasteiger partial charge is 0.342 e. The molecule has 0 radical (unpaired) electrons. The Kier molecular flexibility index (Phi) is 5.60. The van der Waals surface area contributed by atoms with Crippen LogP contribution in [0.1, 0.15) is 51.2 Å². The molecule has 0 N–H and O–H groups in total. The van der Waals surface area contributed by atoms with Crippen molar-refractivity contribution in [1.82, 2.24) is 14.7 Å². The van der Waals surface area contributed by atoms with E-state index in [4.69, 9.17) is 0 Å². The van der Waals surface area contributed by atoms with Crippen LogP contribution in [0.4, 0.5) is 0 Å². The molecule has 0 saturated carbocycles. The number of piperidine rings is 1.